The zero-order valence-electron chi connectivity index (χ0n) is 14.0. The molecule has 1 N–H and O–H groups in total. The van der Waals surface area contributed by atoms with Crippen LogP contribution in [0, 0.1) is 6.92 Å². The maximum absolute atomic E-state index is 5.67. The van der Waals surface area contributed by atoms with Crippen LogP contribution in [0.25, 0.3) is 0 Å². The number of rotatable bonds is 4. The predicted octanol–water partition coefficient (Wildman–Crippen LogP) is 3.30. The topological polar surface area (TPSA) is 46.6 Å². The summed E-state index contributed by atoms with van der Waals surface area (Å²) in [5.41, 5.74) is 1.11. The largest absolute Gasteiger partial charge is 0.486 e. The number of hydrogen-bond donors (Lipinski definition) is 1. The number of nitrogens with one attached hydrogen (secondary N) is 1. The summed E-state index contributed by atoms with van der Waals surface area (Å²) in [4.78, 5) is 8.23. The lowest BCUT2D eigenvalue weighted by Gasteiger charge is -2.33. The number of ether oxygens (including phenoxy) is 2. The molecule has 0 radical (unpaired) electrons. The average Bonchev–Trinajstić information content (AvgIpc) is 3.00. The van der Waals surface area contributed by atoms with Gasteiger partial charge in [-0.15, -0.1) is 11.3 Å². The Morgan fingerprint density at radius 3 is 3.00 bits per heavy atom. The molecule has 0 bridgehead atoms. The fraction of sp³-hybridized carbons (Fsp3) is 0.500. The molecule has 2 aliphatic rings. The van der Waals surface area contributed by atoms with Crippen LogP contribution >= 0.6 is 11.3 Å². The zero-order valence-corrected chi connectivity index (χ0v) is 14.8. The Morgan fingerprint density at radius 2 is 2.17 bits per heavy atom. The van der Waals surface area contributed by atoms with E-state index in [-0.39, 0.29) is 0 Å². The Balaban J connectivity index is 1.37. The lowest BCUT2D eigenvalue weighted by molar-refractivity contribution is 0.171. The summed E-state index contributed by atoms with van der Waals surface area (Å²) < 4.78 is 11.3. The molecule has 24 heavy (non-hydrogen) atoms. The number of anilines is 1. The van der Waals surface area contributed by atoms with Gasteiger partial charge in [-0.05, 0) is 38.4 Å². The highest BCUT2D eigenvalue weighted by molar-refractivity contribution is 7.11. The van der Waals surface area contributed by atoms with Crippen LogP contribution in [0.1, 0.15) is 22.7 Å². The monoisotopic (exact) mass is 345 g/mol. The predicted molar refractivity (Wildman–Crippen MR) is 96.2 cm³/mol. The molecule has 0 amide bonds. The molecule has 6 heteroatoms. The minimum atomic E-state index is 0.468. The highest BCUT2D eigenvalue weighted by atomic mass is 32.1. The third-order valence-corrected chi connectivity index (χ3v) is 5.36. The van der Waals surface area contributed by atoms with Gasteiger partial charge >= 0.3 is 0 Å². The molecule has 0 saturated carbocycles. The molecule has 4 rings (SSSR count). The molecular weight excluding hydrogens is 322 g/mol. The first-order valence-electron chi connectivity index (χ1n) is 8.56. The van der Waals surface area contributed by atoms with Crippen LogP contribution in [0.4, 0.5) is 5.69 Å². The molecule has 2 aliphatic heterocycles. The van der Waals surface area contributed by atoms with Gasteiger partial charge in [-0.3, -0.25) is 4.90 Å². The first-order valence-corrected chi connectivity index (χ1v) is 9.38. The second-order valence-electron chi connectivity index (χ2n) is 6.42. The molecule has 1 fully saturated rings. The van der Waals surface area contributed by atoms with Crippen molar-refractivity contribution in [1.29, 1.82) is 0 Å². The van der Waals surface area contributed by atoms with E-state index in [1.165, 1.54) is 17.7 Å². The van der Waals surface area contributed by atoms with E-state index in [1.54, 1.807) is 11.3 Å². The molecule has 1 saturated heterocycles. The molecule has 5 nitrogen and oxygen atoms in total. The van der Waals surface area contributed by atoms with Gasteiger partial charge in [0, 0.05) is 42.0 Å². The summed E-state index contributed by atoms with van der Waals surface area (Å²) in [7, 11) is 0. The average molecular weight is 345 g/mol. The number of piperidine rings is 1. The Labute approximate surface area is 146 Å². The summed E-state index contributed by atoms with van der Waals surface area (Å²) in [5, 5.41) is 4.81. The number of fused-ring (bicyclic) bond motifs is 1. The SMILES string of the molecule is Cc1ncc(CN2CCCC(Nc3ccc4c(c3)OCCO4)C2)s1. The molecule has 1 unspecified atom stereocenters. The Hall–Kier alpha value is -1.79. The fourth-order valence-electron chi connectivity index (χ4n) is 3.38. The molecule has 1 aromatic heterocycles. The van der Waals surface area contributed by atoms with Crippen LogP contribution < -0.4 is 14.8 Å². The highest BCUT2D eigenvalue weighted by Crippen LogP contribution is 2.33. The van der Waals surface area contributed by atoms with E-state index in [1.807, 2.05) is 12.3 Å². The standard InChI is InChI=1S/C18H23N3O2S/c1-13-19-10-16(24-13)12-21-6-2-3-15(11-21)20-14-4-5-17-18(9-14)23-8-7-22-17/h4-5,9-10,15,20H,2-3,6-8,11-12H2,1H3. The van der Waals surface area contributed by atoms with Gasteiger partial charge in [0.15, 0.2) is 11.5 Å². The lowest BCUT2D eigenvalue weighted by atomic mass is 10.1. The normalized spacial score (nSPS) is 20.8. The summed E-state index contributed by atoms with van der Waals surface area (Å²) in [5.74, 6) is 1.69. The van der Waals surface area contributed by atoms with Crippen molar-refractivity contribution in [2.24, 2.45) is 0 Å². The third kappa shape index (κ3) is 3.65. The van der Waals surface area contributed by atoms with Gasteiger partial charge in [0.1, 0.15) is 13.2 Å². The molecule has 2 aromatic rings. The molecule has 3 heterocycles. The van der Waals surface area contributed by atoms with Gasteiger partial charge in [0.2, 0.25) is 0 Å². The number of aromatic nitrogens is 1. The van der Waals surface area contributed by atoms with Crippen LogP contribution in [0.5, 0.6) is 11.5 Å². The molecule has 1 aromatic carbocycles. The van der Waals surface area contributed by atoms with E-state index in [0.717, 1.165) is 41.8 Å². The van der Waals surface area contributed by atoms with Gasteiger partial charge in [0.25, 0.3) is 0 Å². The molecule has 128 valence electrons. The van der Waals surface area contributed by atoms with Gasteiger partial charge in [-0.25, -0.2) is 4.98 Å². The van der Waals surface area contributed by atoms with Crippen LogP contribution in [-0.4, -0.2) is 42.2 Å². The van der Waals surface area contributed by atoms with Crippen molar-refractivity contribution in [3.63, 3.8) is 0 Å². The minimum Gasteiger partial charge on any atom is -0.486 e. The summed E-state index contributed by atoms with van der Waals surface area (Å²) in [6.45, 7) is 6.55. The van der Waals surface area contributed by atoms with Gasteiger partial charge in [-0.2, -0.15) is 0 Å². The van der Waals surface area contributed by atoms with Crippen molar-refractivity contribution in [3.05, 3.63) is 34.3 Å². The smallest absolute Gasteiger partial charge is 0.163 e. The number of nitrogens with zero attached hydrogens (tertiary/aromatic N) is 2. The third-order valence-electron chi connectivity index (χ3n) is 4.47. The van der Waals surface area contributed by atoms with E-state index in [9.17, 15) is 0 Å². The quantitative estimate of drug-likeness (QED) is 0.921. The minimum absolute atomic E-state index is 0.468. The second-order valence-corrected chi connectivity index (χ2v) is 7.74. The Morgan fingerprint density at radius 1 is 1.29 bits per heavy atom. The number of aryl methyl sites for hydroxylation is 1. The van der Waals surface area contributed by atoms with Crippen LogP contribution in [0.2, 0.25) is 0 Å². The first-order chi connectivity index (χ1) is 11.8. The second kappa shape index (κ2) is 6.99. The Kier molecular flexibility index (Phi) is 4.58. The van der Waals surface area contributed by atoms with Crippen LogP contribution in [-0.2, 0) is 6.54 Å². The molecular formula is C18H23N3O2S. The van der Waals surface area contributed by atoms with Crippen molar-refractivity contribution >= 4 is 17.0 Å². The van der Waals surface area contributed by atoms with E-state index in [0.29, 0.717) is 19.3 Å². The highest BCUT2D eigenvalue weighted by Gasteiger charge is 2.21. The van der Waals surface area contributed by atoms with E-state index in [2.05, 4.69) is 34.3 Å². The van der Waals surface area contributed by atoms with E-state index >= 15 is 0 Å². The number of hydrogen-bond acceptors (Lipinski definition) is 6. The molecule has 1 atom stereocenters. The number of thiazole rings is 1. The van der Waals surface area contributed by atoms with Crippen molar-refractivity contribution in [2.75, 3.05) is 31.6 Å². The van der Waals surface area contributed by atoms with Gasteiger partial charge in [0.05, 0.1) is 5.01 Å². The fourth-order valence-corrected chi connectivity index (χ4v) is 4.22. The van der Waals surface area contributed by atoms with Crippen molar-refractivity contribution in [3.8, 4) is 11.5 Å². The van der Waals surface area contributed by atoms with Crippen molar-refractivity contribution in [1.82, 2.24) is 9.88 Å². The maximum atomic E-state index is 5.67. The van der Waals surface area contributed by atoms with Crippen molar-refractivity contribution < 1.29 is 9.47 Å². The summed E-state index contributed by atoms with van der Waals surface area (Å²) in [6.07, 6.45) is 4.44. The summed E-state index contributed by atoms with van der Waals surface area (Å²) in [6, 6.07) is 6.60. The number of likely N-dealkylation sites (tertiary alicyclic amines) is 1. The number of benzene rings is 1. The van der Waals surface area contributed by atoms with Crippen LogP contribution in [0.3, 0.4) is 0 Å². The molecule has 0 spiro atoms. The first kappa shape index (κ1) is 15.7. The van der Waals surface area contributed by atoms with Gasteiger partial charge < -0.3 is 14.8 Å². The zero-order chi connectivity index (χ0) is 16.4. The van der Waals surface area contributed by atoms with Gasteiger partial charge in [-0.1, -0.05) is 0 Å². The van der Waals surface area contributed by atoms with Crippen LogP contribution in [0.15, 0.2) is 24.4 Å². The summed E-state index contributed by atoms with van der Waals surface area (Å²) >= 11 is 1.80. The van der Waals surface area contributed by atoms with Crippen molar-refractivity contribution in [2.45, 2.75) is 32.4 Å². The van der Waals surface area contributed by atoms with E-state index < -0.39 is 0 Å². The molecule has 0 aliphatic carbocycles. The van der Waals surface area contributed by atoms with E-state index in [4.69, 9.17) is 9.47 Å². The lowest BCUT2D eigenvalue weighted by Crippen LogP contribution is -2.41. The maximum Gasteiger partial charge on any atom is 0.163 e. The Bertz CT molecular complexity index is 703.